The lowest BCUT2D eigenvalue weighted by Gasteiger charge is -2.20. The summed E-state index contributed by atoms with van der Waals surface area (Å²) in [6.07, 6.45) is 2.04. The lowest BCUT2D eigenvalue weighted by molar-refractivity contribution is -0.123. The molecule has 0 saturated heterocycles. The van der Waals surface area contributed by atoms with Crippen molar-refractivity contribution in [2.75, 3.05) is 13.2 Å². The van der Waals surface area contributed by atoms with Crippen molar-refractivity contribution >= 4 is 17.2 Å². The van der Waals surface area contributed by atoms with Gasteiger partial charge in [-0.25, -0.2) is 0 Å². The van der Waals surface area contributed by atoms with Crippen LogP contribution in [0.5, 0.6) is 5.75 Å². The summed E-state index contributed by atoms with van der Waals surface area (Å²) in [6, 6.07) is 10.0. The molecule has 1 fully saturated rings. The van der Waals surface area contributed by atoms with Crippen LogP contribution < -0.4 is 15.8 Å². The van der Waals surface area contributed by atoms with Crippen LogP contribution >= 0.6 is 11.3 Å². The van der Waals surface area contributed by atoms with E-state index < -0.39 is 0 Å². The Bertz CT molecular complexity index is 760. The SMILES string of the molecule is CC[C@H](C)COc1ccc([C@@H](CN)NC(=O)[C@H]2C[C@@H]2c2cccs2)c(C)c1. The molecule has 2 aromatic rings. The quantitative estimate of drug-likeness (QED) is 0.671. The highest BCUT2D eigenvalue weighted by Crippen LogP contribution is 2.49. The smallest absolute Gasteiger partial charge is 0.224 e. The molecule has 3 N–H and O–H groups in total. The second-order valence-corrected chi connectivity index (χ2v) is 8.58. The van der Waals surface area contributed by atoms with Crippen LogP contribution in [0.25, 0.3) is 0 Å². The molecule has 1 aliphatic carbocycles. The second-order valence-electron chi connectivity index (χ2n) is 7.60. The first-order valence-corrected chi connectivity index (χ1v) is 10.7. The van der Waals surface area contributed by atoms with Crippen LogP contribution in [0.4, 0.5) is 0 Å². The van der Waals surface area contributed by atoms with Crippen LogP contribution in [0.15, 0.2) is 35.7 Å². The number of carbonyl (C=O) groups is 1. The van der Waals surface area contributed by atoms with Gasteiger partial charge in [-0.3, -0.25) is 4.79 Å². The number of nitrogens with one attached hydrogen (secondary N) is 1. The summed E-state index contributed by atoms with van der Waals surface area (Å²) in [7, 11) is 0. The third-order valence-electron chi connectivity index (χ3n) is 5.44. The van der Waals surface area contributed by atoms with Crippen molar-refractivity contribution in [3.63, 3.8) is 0 Å². The number of amides is 1. The zero-order chi connectivity index (χ0) is 19.4. The molecular formula is C22H30N2O2S. The first kappa shape index (κ1) is 19.9. The number of carbonyl (C=O) groups excluding carboxylic acids is 1. The van der Waals surface area contributed by atoms with Crippen LogP contribution in [0.2, 0.25) is 0 Å². The molecule has 3 rings (SSSR count). The average Bonchev–Trinajstić information content (AvgIpc) is 3.29. The van der Waals surface area contributed by atoms with E-state index >= 15 is 0 Å². The first-order chi connectivity index (χ1) is 13.0. The highest BCUT2D eigenvalue weighted by molar-refractivity contribution is 7.10. The number of hydrogen-bond acceptors (Lipinski definition) is 4. The highest BCUT2D eigenvalue weighted by atomic mass is 32.1. The van der Waals surface area contributed by atoms with E-state index in [0.717, 1.165) is 36.3 Å². The third kappa shape index (κ3) is 4.90. The summed E-state index contributed by atoms with van der Waals surface area (Å²) in [5, 5.41) is 5.23. The van der Waals surface area contributed by atoms with Gasteiger partial charge in [0.15, 0.2) is 0 Å². The molecule has 5 heteroatoms. The fraction of sp³-hybridized carbons (Fsp3) is 0.500. The molecule has 0 radical (unpaired) electrons. The van der Waals surface area contributed by atoms with Crippen molar-refractivity contribution < 1.29 is 9.53 Å². The number of thiophene rings is 1. The Kier molecular flexibility index (Phi) is 6.55. The average molecular weight is 387 g/mol. The maximum atomic E-state index is 12.7. The summed E-state index contributed by atoms with van der Waals surface area (Å²) in [5.74, 6) is 1.98. The van der Waals surface area contributed by atoms with Gasteiger partial charge in [0, 0.05) is 23.3 Å². The van der Waals surface area contributed by atoms with Crippen molar-refractivity contribution in [3.05, 3.63) is 51.7 Å². The van der Waals surface area contributed by atoms with Gasteiger partial charge in [-0.2, -0.15) is 0 Å². The Balaban J connectivity index is 1.61. The van der Waals surface area contributed by atoms with E-state index in [1.807, 2.05) is 31.2 Å². The molecule has 1 heterocycles. The van der Waals surface area contributed by atoms with E-state index in [-0.39, 0.29) is 17.9 Å². The number of rotatable bonds is 9. The second kappa shape index (κ2) is 8.89. The minimum atomic E-state index is -0.161. The van der Waals surface area contributed by atoms with Crippen molar-refractivity contribution in [3.8, 4) is 5.75 Å². The van der Waals surface area contributed by atoms with Crippen LogP contribution in [0.3, 0.4) is 0 Å². The molecular weight excluding hydrogens is 356 g/mol. The summed E-state index contributed by atoms with van der Waals surface area (Å²) in [4.78, 5) is 14.0. The topological polar surface area (TPSA) is 64.3 Å². The maximum Gasteiger partial charge on any atom is 0.224 e. The third-order valence-corrected chi connectivity index (χ3v) is 6.44. The number of benzene rings is 1. The van der Waals surface area contributed by atoms with Crippen LogP contribution in [-0.2, 0) is 4.79 Å². The Hall–Kier alpha value is -1.85. The minimum absolute atomic E-state index is 0.0798. The largest absolute Gasteiger partial charge is 0.493 e. The number of hydrogen-bond donors (Lipinski definition) is 2. The Morgan fingerprint density at radius 1 is 1.41 bits per heavy atom. The molecule has 1 aromatic heterocycles. The molecule has 0 unspecified atom stereocenters. The van der Waals surface area contributed by atoms with Gasteiger partial charge in [-0.1, -0.05) is 32.4 Å². The van der Waals surface area contributed by atoms with Gasteiger partial charge in [0.25, 0.3) is 0 Å². The van der Waals surface area contributed by atoms with Gasteiger partial charge >= 0.3 is 0 Å². The van der Waals surface area contributed by atoms with Crippen LogP contribution in [0, 0.1) is 18.8 Å². The number of ether oxygens (including phenoxy) is 1. The molecule has 0 aliphatic heterocycles. The van der Waals surface area contributed by atoms with Gasteiger partial charge in [-0.15, -0.1) is 11.3 Å². The maximum absolute atomic E-state index is 12.7. The van der Waals surface area contributed by atoms with Crippen LogP contribution in [0.1, 0.15) is 54.7 Å². The Labute approximate surface area is 166 Å². The predicted molar refractivity (Wildman–Crippen MR) is 111 cm³/mol. The summed E-state index contributed by atoms with van der Waals surface area (Å²) in [5.41, 5.74) is 8.14. The van der Waals surface area contributed by atoms with Gasteiger partial charge < -0.3 is 15.8 Å². The van der Waals surface area contributed by atoms with E-state index in [9.17, 15) is 4.79 Å². The molecule has 146 valence electrons. The van der Waals surface area contributed by atoms with Gasteiger partial charge in [0.1, 0.15) is 5.75 Å². The fourth-order valence-corrected chi connectivity index (χ4v) is 4.24. The number of nitrogens with two attached hydrogens (primary N) is 1. The summed E-state index contributed by atoms with van der Waals surface area (Å²) in [6.45, 7) is 7.50. The Morgan fingerprint density at radius 2 is 2.22 bits per heavy atom. The molecule has 1 aliphatic rings. The van der Waals surface area contributed by atoms with Gasteiger partial charge in [0.2, 0.25) is 5.91 Å². The monoisotopic (exact) mass is 386 g/mol. The molecule has 4 atom stereocenters. The van der Waals surface area contributed by atoms with E-state index in [0.29, 0.717) is 18.4 Å². The van der Waals surface area contributed by atoms with Gasteiger partial charge in [0.05, 0.1) is 12.6 Å². The van der Waals surface area contributed by atoms with Gasteiger partial charge in [-0.05, 0) is 54.0 Å². The normalized spacial score (nSPS) is 20.7. The Morgan fingerprint density at radius 3 is 2.85 bits per heavy atom. The molecule has 0 bridgehead atoms. The standard InChI is InChI=1S/C22H30N2O2S/c1-4-14(2)13-26-16-7-8-17(15(3)10-16)20(12-23)24-22(25)19-11-18(19)21-6-5-9-27-21/h5-10,14,18-20H,4,11-13,23H2,1-3H3,(H,24,25)/t14-,18-,19-,20+/m0/s1. The zero-order valence-electron chi connectivity index (χ0n) is 16.4. The predicted octanol–water partition coefficient (Wildman–Crippen LogP) is 4.40. The van der Waals surface area contributed by atoms with Crippen molar-refractivity contribution in [2.24, 2.45) is 17.6 Å². The van der Waals surface area contributed by atoms with Crippen LogP contribution in [-0.4, -0.2) is 19.1 Å². The molecule has 1 aromatic carbocycles. The summed E-state index contributed by atoms with van der Waals surface area (Å²) >= 11 is 1.73. The van der Waals surface area contributed by atoms with E-state index in [2.05, 4.69) is 30.6 Å². The van der Waals surface area contributed by atoms with Crippen molar-refractivity contribution in [1.29, 1.82) is 0 Å². The lowest BCUT2D eigenvalue weighted by atomic mass is 10.0. The minimum Gasteiger partial charge on any atom is -0.493 e. The lowest BCUT2D eigenvalue weighted by Crippen LogP contribution is -2.35. The first-order valence-electron chi connectivity index (χ1n) is 9.80. The van der Waals surface area contributed by atoms with E-state index in [1.54, 1.807) is 11.3 Å². The van der Waals surface area contributed by atoms with E-state index in [4.69, 9.17) is 10.5 Å². The zero-order valence-corrected chi connectivity index (χ0v) is 17.2. The molecule has 27 heavy (non-hydrogen) atoms. The molecule has 4 nitrogen and oxygen atoms in total. The highest BCUT2D eigenvalue weighted by Gasteiger charge is 2.45. The summed E-state index contributed by atoms with van der Waals surface area (Å²) < 4.78 is 5.88. The van der Waals surface area contributed by atoms with Crippen molar-refractivity contribution in [2.45, 2.75) is 45.6 Å². The molecule has 1 saturated carbocycles. The van der Waals surface area contributed by atoms with Crippen molar-refractivity contribution in [1.82, 2.24) is 5.32 Å². The van der Waals surface area contributed by atoms with E-state index in [1.165, 1.54) is 4.88 Å². The molecule has 0 spiro atoms. The fourth-order valence-electron chi connectivity index (χ4n) is 3.33. The number of aryl methyl sites for hydroxylation is 1. The molecule has 1 amide bonds.